The Bertz CT molecular complexity index is 879. The predicted molar refractivity (Wildman–Crippen MR) is 99.2 cm³/mol. The molecular weight excluding hydrogens is 362 g/mol. The number of benzene rings is 2. The van der Waals surface area contributed by atoms with Crippen LogP contribution in [-0.4, -0.2) is 32.2 Å². The van der Waals surface area contributed by atoms with Crippen LogP contribution in [0.4, 0.5) is 0 Å². The highest BCUT2D eigenvalue weighted by molar-refractivity contribution is 5.87. The Kier molecular flexibility index (Phi) is 5.06. The minimum absolute atomic E-state index is 0.0492. The molecule has 1 amide bonds. The number of ether oxygens (including phenoxy) is 4. The Labute approximate surface area is 162 Å². The maximum atomic E-state index is 12.7. The van der Waals surface area contributed by atoms with Gasteiger partial charge in [-0.25, -0.2) is 0 Å². The fourth-order valence-electron chi connectivity index (χ4n) is 3.39. The van der Waals surface area contributed by atoms with Crippen LogP contribution in [0, 0.1) is 5.92 Å². The van der Waals surface area contributed by atoms with Gasteiger partial charge in [-0.2, -0.15) is 0 Å². The first-order valence-corrected chi connectivity index (χ1v) is 9.14. The number of hydrogen-bond acceptors (Lipinski definition) is 6. The van der Waals surface area contributed by atoms with Crippen LogP contribution >= 0.6 is 0 Å². The van der Waals surface area contributed by atoms with Crippen LogP contribution in [-0.2, 0) is 20.9 Å². The number of amides is 1. The van der Waals surface area contributed by atoms with Crippen molar-refractivity contribution in [2.24, 2.45) is 5.92 Å². The molecule has 0 saturated carbocycles. The van der Waals surface area contributed by atoms with Gasteiger partial charge in [0.05, 0.1) is 19.4 Å². The van der Waals surface area contributed by atoms with Gasteiger partial charge >= 0.3 is 5.97 Å². The molecule has 28 heavy (non-hydrogen) atoms. The van der Waals surface area contributed by atoms with Gasteiger partial charge in [0.15, 0.2) is 11.5 Å². The van der Waals surface area contributed by atoms with E-state index in [0.717, 1.165) is 16.9 Å². The van der Waals surface area contributed by atoms with Crippen molar-refractivity contribution in [3.05, 3.63) is 53.6 Å². The van der Waals surface area contributed by atoms with Gasteiger partial charge in [0.25, 0.3) is 0 Å². The summed E-state index contributed by atoms with van der Waals surface area (Å²) in [6.07, 6.45) is -0.590. The first kappa shape index (κ1) is 18.2. The molecule has 1 fully saturated rings. The molecule has 2 heterocycles. The van der Waals surface area contributed by atoms with E-state index in [2.05, 4.69) is 5.32 Å². The van der Waals surface area contributed by atoms with Gasteiger partial charge in [0.2, 0.25) is 5.91 Å². The SMILES string of the molecule is COc1ccc(CNC(=O)[C@H]2CC(=O)O[C@H]2c2ccc3c(c2)OCCO3)cc1. The maximum absolute atomic E-state index is 12.7. The summed E-state index contributed by atoms with van der Waals surface area (Å²) in [4.78, 5) is 24.6. The maximum Gasteiger partial charge on any atom is 0.307 e. The van der Waals surface area contributed by atoms with E-state index in [-0.39, 0.29) is 18.3 Å². The number of cyclic esters (lactones) is 1. The molecule has 7 nitrogen and oxygen atoms in total. The minimum atomic E-state index is -0.640. The molecule has 7 heteroatoms. The monoisotopic (exact) mass is 383 g/mol. The molecule has 0 aliphatic carbocycles. The van der Waals surface area contributed by atoms with Gasteiger partial charge in [-0.3, -0.25) is 9.59 Å². The Morgan fingerprint density at radius 2 is 1.86 bits per heavy atom. The van der Waals surface area contributed by atoms with E-state index < -0.39 is 12.0 Å². The summed E-state index contributed by atoms with van der Waals surface area (Å²) in [5.74, 6) is 0.812. The molecule has 1 saturated heterocycles. The van der Waals surface area contributed by atoms with Crippen LogP contribution in [0.1, 0.15) is 23.7 Å². The average molecular weight is 383 g/mol. The lowest BCUT2D eigenvalue weighted by Gasteiger charge is -2.22. The molecule has 0 radical (unpaired) electrons. The fourth-order valence-corrected chi connectivity index (χ4v) is 3.39. The second kappa shape index (κ2) is 7.80. The lowest BCUT2D eigenvalue weighted by atomic mass is 9.94. The smallest absolute Gasteiger partial charge is 0.307 e. The average Bonchev–Trinajstić information content (AvgIpc) is 3.14. The molecule has 2 atom stereocenters. The predicted octanol–water partition coefficient (Wildman–Crippen LogP) is 2.39. The van der Waals surface area contributed by atoms with Gasteiger partial charge in [0, 0.05) is 6.54 Å². The number of carbonyl (C=O) groups is 2. The van der Waals surface area contributed by atoms with Crippen molar-refractivity contribution in [2.45, 2.75) is 19.1 Å². The molecule has 2 aliphatic heterocycles. The second-order valence-corrected chi connectivity index (χ2v) is 6.69. The van der Waals surface area contributed by atoms with Crippen molar-refractivity contribution < 1.29 is 28.5 Å². The molecule has 0 spiro atoms. The number of esters is 1. The molecule has 0 bridgehead atoms. The van der Waals surface area contributed by atoms with E-state index in [4.69, 9.17) is 18.9 Å². The molecule has 4 rings (SSSR count). The lowest BCUT2D eigenvalue weighted by molar-refractivity contribution is -0.141. The van der Waals surface area contributed by atoms with Gasteiger partial charge in [-0.05, 0) is 35.4 Å². The lowest BCUT2D eigenvalue weighted by Crippen LogP contribution is -2.32. The zero-order valence-corrected chi connectivity index (χ0v) is 15.5. The van der Waals surface area contributed by atoms with Crippen LogP contribution in [0.25, 0.3) is 0 Å². The highest BCUT2D eigenvalue weighted by atomic mass is 16.6. The van der Waals surface area contributed by atoms with E-state index in [1.54, 1.807) is 25.3 Å². The summed E-state index contributed by atoms with van der Waals surface area (Å²) < 4.78 is 21.7. The molecule has 146 valence electrons. The zero-order valence-electron chi connectivity index (χ0n) is 15.5. The molecule has 1 N–H and O–H groups in total. The molecule has 0 aromatic heterocycles. The first-order valence-electron chi connectivity index (χ1n) is 9.14. The van der Waals surface area contributed by atoms with Crippen LogP contribution in [0.2, 0.25) is 0 Å². The van der Waals surface area contributed by atoms with E-state index in [9.17, 15) is 9.59 Å². The number of rotatable bonds is 5. The minimum Gasteiger partial charge on any atom is -0.497 e. The third-order valence-electron chi connectivity index (χ3n) is 4.87. The van der Waals surface area contributed by atoms with Crippen molar-refractivity contribution in [1.82, 2.24) is 5.32 Å². The van der Waals surface area contributed by atoms with Crippen LogP contribution < -0.4 is 19.5 Å². The third kappa shape index (κ3) is 3.74. The summed E-state index contributed by atoms with van der Waals surface area (Å²) in [7, 11) is 1.60. The Balaban J connectivity index is 1.46. The van der Waals surface area contributed by atoms with Crippen molar-refractivity contribution in [3.8, 4) is 17.2 Å². The number of methoxy groups -OCH3 is 1. The highest BCUT2D eigenvalue weighted by Gasteiger charge is 2.41. The van der Waals surface area contributed by atoms with Gasteiger partial charge in [-0.1, -0.05) is 18.2 Å². The van der Waals surface area contributed by atoms with Crippen molar-refractivity contribution in [2.75, 3.05) is 20.3 Å². The van der Waals surface area contributed by atoms with Gasteiger partial charge in [-0.15, -0.1) is 0 Å². The summed E-state index contributed by atoms with van der Waals surface area (Å²) in [5, 5.41) is 2.89. The number of carbonyl (C=O) groups excluding carboxylic acids is 2. The summed E-state index contributed by atoms with van der Waals surface area (Å²) >= 11 is 0. The largest absolute Gasteiger partial charge is 0.497 e. The normalized spacial score (nSPS) is 20.4. The zero-order chi connectivity index (χ0) is 19.5. The topological polar surface area (TPSA) is 83.1 Å². The van der Waals surface area contributed by atoms with Gasteiger partial charge in [0.1, 0.15) is 25.1 Å². The fraction of sp³-hybridized carbons (Fsp3) is 0.333. The Morgan fingerprint density at radius 3 is 2.61 bits per heavy atom. The number of nitrogens with one attached hydrogen (secondary N) is 1. The van der Waals surface area contributed by atoms with Crippen LogP contribution in [0.15, 0.2) is 42.5 Å². The molecule has 2 aromatic carbocycles. The summed E-state index contributed by atoms with van der Waals surface area (Å²) in [6.45, 7) is 1.33. The number of hydrogen-bond donors (Lipinski definition) is 1. The molecule has 0 unspecified atom stereocenters. The first-order chi connectivity index (χ1) is 13.6. The van der Waals surface area contributed by atoms with Crippen molar-refractivity contribution in [1.29, 1.82) is 0 Å². The van der Waals surface area contributed by atoms with Crippen LogP contribution in [0.3, 0.4) is 0 Å². The Hall–Kier alpha value is -3.22. The standard InChI is InChI=1S/C21H21NO6/c1-25-15-5-2-13(3-6-15)12-22-21(24)16-11-19(23)28-20(16)14-4-7-17-18(10-14)27-9-8-26-17/h2-7,10,16,20H,8-9,11-12H2,1H3,(H,22,24)/t16-,20-/m0/s1. The van der Waals surface area contributed by atoms with Crippen molar-refractivity contribution in [3.63, 3.8) is 0 Å². The molecular formula is C21H21NO6. The van der Waals surface area contributed by atoms with E-state index in [1.807, 2.05) is 24.3 Å². The summed E-state index contributed by atoms with van der Waals surface area (Å²) in [6, 6.07) is 12.8. The van der Waals surface area contributed by atoms with E-state index in [1.165, 1.54) is 0 Å². The van der Waals surface area contributed by atoms with E-state index >= 15 is 0 Å². The third-order valence-corrected chi connectivity index (χ3v) is 4.87. The molecule has 2 aromatic rings. The van der Waals surface area contributed by atoms with Crippen LogP contribution in [0.5, 0.6) is 17.2 Å². The number of fused-ring (bicyclic) bond motifs is 1. The van der Waals surface area contributed by atoms with Gasteiger partial charge < -0.3 is 24.3 Å². The second-order valence-electron chi connectivity index (χ2n) is 6.69. The van der Waals surface area contributed by atoms with E-state index in [0.29, 0.717) is 31.3 Å². The quantitative estimate of drug-likeness (QED) is 0.799. The highest BCUT2D eigenvalue weighted by Crippen LogP contribution is 2.40. The molecule has 2 aliphatic rings. The Morgan fingerprint density at radius 1 is 1.11 bits per heavy atom. The summed E-state index contributed by atoms with van der Waals surface area (Å²) in [5.41, 5.74) is 1.66. The van der Waals surface area contributed by atoms with Crippen molar-refractivity contribution >= 4 is 11.9 Å².